The molecule has 1 nitrogen and oxygen atoms in total. The average molecular weight is 274 g/mol. The number of allylic oxidation sites excluding steroid dienone is 1. The zero-order valence-electron chi connectivity index (χ0n) is 13.1. The smallest absolute Gasteiger partial charge is 0.0780 e. The van der Waals surface area contributed by atoms with Crippen LogP contribution in [0.25, 0.3) is 0 Å². The second-order valence-corrected chi connectivity index (χ2v) is 8.65. The molecule has 0 aromatic carbocycles. The summed E-state index contributed by atoms with van der Waals surface area (Å²) in [6.07, 6.45) is 14.3. The number of rotatable bonds is 0. The van der Waals surface area contributed by atoms with Gasteiger partial charge in [-0.2, -0.15) is 0 Å². The Morgan fingerprint density at radius 1 is 0.950 bits per heavy atom. The number of hydrogen-bond acceptors (Lipinski definition) is 1. The van der Waals surface area contributed by atoms with Gasteiger partial charge >= 0.3 is 0 Å². The van der Waals surface area contributed by atoms with Crippen LogP contribution in [0.3, 0.4) is 0 Å². The van der Waals surface area contributed by atoms with E-state index in [4.69, 9.17) is 0 Å². The molecule has 0 aromatic heterocycles. The minimum atomic E-state index is -0.183. The van der Waals surface area contributed by atoms with E-state index in [0.29, 0.717) is 5.92 Å². The summed E-state index contributed by atoms with van der Waals surface area (Å²) in [4.78, 5) is 0. The second kappa shape index (κ2) is 4.60. The summed E-state index contributed by atoms with van der Waals surface area (Å²) >= 11 is 0. The first kappa shape index (κ1) is 13.4. The number of aliphatic hydroxyl groups excluding tert-OH is 1. The molecule has 8 unspecified atom stereocenters. The highest BCUT2D eigenvalue weighted by Crippen LogP contribution is 2.60. The van der Waals surface area contributed by atoms with Crippen LogP contribution in [0.2, 0.25) is 0 Å². The highest BCUT2D eigenvalue weighted by Gasteiger charge is 2.54. The Hall–Kier alpha value is -0.300. The Kier molecular flexibility index (Phi) is 3.07. The summed E-state index contributed by atoms with van der Waals surface area (Å²) in [5, 5.41) is 10.4. The Balaban J connectivity index is 1.58. The van der Waals surface area contributed by atoms with Crippen LogP contribution >= 0.6 is 0 Å². The topological polar surface area (TPSA) is 20.2 Å². The first-order valence-electron chi connectivity index (χ1n) is 8.96. The molecule has 0 amide bonds. The van der Waals surface area contributed by atoms with Crippen LogP contribution in [0.15, 0.2) is 12.2 Å². The number of fused-ring (bicyclic) bond motifs is 5. The predicted octanol–water partition coefficient (Wildman–Crippen LogP) is 4.41. The number of hydrogen-bond donors (Lipinski definition) is 1. The zero-order chi connectivity index (χ0) is 13.9. The molecule has 3 saturated carbocycles. The standard InChI is InChI=1S/C19H30O/c1-12-3-5-14-13(11-12)4-6-16-15(14)9-10-19(2)17(16)7-8-18(19)20/h7-8,12-18,20H,3-6,9-11H2,1-2H3. The van der Waals surface area contributed by atoms with E-state index >= 15 is 0 Å². The molecular weight excluding hydrogens is 244 g/mol. The lowest BCUT2D eigenvalue weighted by Gasteiger charge is -2.55. The molecule has 0 radical (unpaired) electrons. The molecule has 1 heteroatoms. The van der Waals surface area contributed by atoms with Gasteiger partial charge in [0.25, 0.3) is 0 Å². The molecule has 0 saturated heterocycles. The normalized spacial score (nSPS) is 57.9. The van der Waals surface area contributed by atoms with Crippen molar-refractivity contribution in [3.63, 3.8) is 0 Å². The van der Waals surface area contributed by atoms with Gasteiger partial charge in [-0.3, -0.25) is 0 Å². The van der Waals surface area contributed by atoms with E-state index in [-0.39, 0.29) is 11.5 Å². The first-order valence-corrected chi connectivity index (χ1v) is 8.96. The van der Waals surface area contributed by atoms with Crippen molar-refractivity contribution in [3.8, 4) is 0 Å². The van der Waals surface area contributed by atoms with Crippen LogP contribution in [0.5, 0.6) is 0 Å². The summed E-state index contributed by atoms with van der Waals surface area (Å²) in [6, 6.07) is 0. The molecule has 0 bridgehead atoms. The summed E-state index contributed by atoms with van der Waals surface area (Å²) in [6.45, 7) is 4.80. The predicted molar refractivity (Wildman–Crippen MR) is 82.2 cm³/mol. The van der Waals surface area contributed by atoms with Crippen LogP contribution in [-0.4, -0.2) is 11.2 Å². The minimum Gasteiger partial charge on any atom is -0.388 e. The third kappa shape index (κ3) is 1.78. The van der Waals surface area contributed by atoms with Gasteiger partial charge in [-0.05, 0) is 74.0 Å². The van der Waals surface area contributed by atoms with Gasteiger partial charge < -0.3 is 5.11 Å². The van der Waals surface area contributed by atoms with Gasteiger partial charge in [0, 0.05) is 5.41 Å². The molecule has 1 N–H and O–H groups in total. The fourth-order valence-corrected chi connectivity index (χ4v) is 6.52. The van der Waals surface area contributed by atoms with E-state index in [1.165, 1.54) is 44.9 Å². The summed E-state index contributed by atoms with van der Waals surface area (Å²) in [5.41, 5.74) is 0.163. The number of aliphatic hydroxyl groups is 1. The van der Waals surface area contributed by atoms with Gasteiger partial charge in [-0.1, -0.05) is 32.4 Å². The van der Waals surface area contributed by atoms with Gasteiger partial charge in [0.05, 0.1) is 6.10 Å². The first-order chi connectivity index (χ1) is 9.59. The molecule has 8 atom stereocenters. The summed E-state index contributed by atoms with van der Waals surface area (Å²) in [5.74, 6) is 5.51. The molecular formula is C19H30O. The Morgan fingerprint density at radius 3 is 2.60 bits per heavy atom. The maximum Gasteiger partial charge on any atom is 0.0780 e. The van der Waals surface area contributed by atoms with Crippen LogP contribution < -0.4 is 0 Å². The van der Waals surface area contributed by atoms with Crippen molar-refractivity contribution < 1.29 is 5.11 Å². The summed E-state index contributed by atoms with van der Waals surface area (Å²) < 4.78 is 0. The molecule has 20 heavy (non-hydrogen) atoms. The average Bonchev–Trinajstić information content (AvgIpc) is 2.74. The van der Waals surface area contributed by atoms with Crippen LogP contribution in [0.1, 0.15) is 58.8 Å². The maximum absolute atomic E-state index is 10.4. The van der Waals surface area contributed by atoms with E-state index in [1.54, 1.807) is 0 Å². The quantitative estimate of drug-likeness (QED) is 0.649. The largest absolute Gasteiger partial charge is 0.388 e. The molecule has 0 heterocycles. The van der Waals surface area contributed by atoms with Crippen LogP contribution in [-0.2, 0) is 0 Å². The van der Waals surface area contributed by atoms with Gasteiger partial charge in [0.1, 0.15) is 0 Å². The SMILES string of the molecule is CC1CCC2C(CCC3C2CCC2(C)C(O)C=CC32)C1. The molecule has 4 rings (SSSR count). The van der Waals surface area contributed by atoms with Crippen LogP contribution in [0.4, 0.5) is 0 Å². The second-order valence-electron chi connectivity index (χ2n) is 8.65. The van der Waals surface area contributed by atoms with Crippen molar-refractivity contribution >= 4 is 0 Å². The molecule has 4 aliphatic carbocycles. The van der Waals surface area contributed by atoms with Crippen molar-refractivity contribution in [2.75, 3.05) is 0 Å². The fraction of sp³-hybridized carbons (Fsp3) is 0.895. The third-order valence-electron chi connectivity index (χ3n) is 7.69. The van der Waals surface area contributed by atoms with E-state index in [9.17, 15) is 5.11 Å². The third-order valence-corrected chi connectivity index (χ3v) is 7.69. The molecule has 3 fully saturated rings. The van der Waals surface area contributed by atoms with Crippen molar-refractivity contribution in [2.24, 2.45) is 40.9 Å². The zero-order valence-corrected chi connectivity index (χ0v) is 13.1. The fourth-order valence-electron chi connectivity index (χ4n) is 6.52. The van der Waals surface area contributed by atoms with Crippen molar-refractivity contribution in [3.05, 3.63) is 12.2 Å². The highest BCUT2D eigenvalue weighted by atomic mass is 16.3. The summed E-state index contributed by atoms with van der Waals surface area (Å²) in [7, 11) is 0. The van der Waals surface area contributed by atoms with Gasteiger partial charge in [-0.25, -0.2) is 0 Å². The van der Waals surface area contributed by atoms with Gasteiger partial charge in [-0.15, -0.1) is 0 Å². The molecule has 112 valence electrons. The maximum atomic E-state index is 10.4. The monoisotopic (exact) mass is 274 g/mol. The molecule has 0 aromatic rings. The lowest BCUT2D eigenvalue weighted by molar-refractivity contribution is -0.0762. The Morgan fingerprint density at radius 2 is 1.75 bits per heavy atom. The van der Waals surface area contributed by atoms with Crippen molar-refractivity contribution in [1.29, 1.82) is 0 Å². The van der Waals surface area contributed by atoms with Gasteiger partial charge in [0.2, 0.25) is 0 Å². The van der Waals surface area contributed by atoms with Gasteiger partial charge in [0.15, 0.2) is 0 Å². The molecule has 0 spiro atoms. The lowest BCUT2D eigenvalue weighted by Crippen LogP contribution is -2.49. The van der Waals surface area contributed by atoms with E-state index in [0.717, 1.165) is 29.6 Å². The highest BCUT2D eigenvalue weighted by molar-refractivity contribution is 5.18. The van der Waals surface area contributed by atoms with E-state index in [2.05, 4.69) is 26.0 Å². The van der Waals surface area contributed by atoms with E-state index < -0.39 is 0 Å². The Labute approximate surface area is 123 Å². The van der Waals surface area contributed by atoms with Crippen molar-refractivity contribution in [2.45, 2.75) is 64.9 Å². The lowest BCUT2D eigenvalue weighted by atomic mass is 9.50. The Bertz CT molecular complexity index is 414. The molecule has 4 aliphatic rings. The minimum absolute atomic E-state index is 0.163. The van der Waals surface area contributed by atoms with Crippen molar-refractivity contribution in [1.82, 2.24) is 0 Å². The van der Waals surface area contributed by atoms with E-state index in [1.807, 2.05) is 0 Å². The molecule has 0 aliphatic heterocycles. The van der Waals surface area contributed by atoms with Crippen LogP contribution in [0, 0.1) is 40.9 Å².